The normalized spacial score (nSPS) is 11.7. The first-order chi connectivity index (χ1) is 34.1. The highest BCUT2D eigenvalue weighted by atomic mass is 16.1. The zero-order valence-electron chi connectivity index (χ0n) is 37.0. The van der Waals surface area contributed by atoms with Gasteiger partial charge in [-0.25, -0.2) is 15.0 Å². The summed E-state index contributed by atoms with van der Waals surface area (Å²) in [6.07, 6.45) is 11.8. The molecule has 326 valence electrons. The van der Waals surface area contributed by atoms with Gasteiger partial charge in [0.15, 0.2) is 0 Å². The molecule has 1 amide bonds. The van der Waals surface area contributed by atoms with Crippen molar-refractivity contribution in [3.63, 3.8) is 0 Å². The second-order valence-electron chi connectivity index (χ2n) is 16.7. The third-order valence-corrected chi connectivity index (χ3v) is 12.3. The lowest BCUT2D eigenvalue weighted by molar-refractivity contribution is 0.102. The number of fused-ring (bicyclic) bond motifs is 8. The summed E-state index contributed by atoms with van der Waals surface area (Å²) >= 11 is 0. The average molecular weight is 889 g/mol. The van der Waals surface area contributed by atoms with Crippen molar-refractivity contribution in [3.8, 4) is 67.3 Å². The standard InChI is InChI=1S/C60H40N8O/c69-60(42-36-54(44-20-10-12-34-61-44)68-55(37-42)45-21-11-13-35-62-45)63-43-24-22-41(23-25-43)59-52-32-30-50(66-52)57(39-16-6-2-7-17-39)48-28-26-46(64-48)56(38-14-4-1-5-15-38)47-27-29-49(65-47)58(40-18-8-3-9-19-40)51-31-33-53(59)67-51/h1-37,64,67H,(H,63,69). The van der Waals surface area contributed by atoms with Crippen molar-refractivity contribution < 1.29 is 4.79 Å². The Morgan fingerprint density at radius 3 is 1.09 bits per heavy atom. The first kappa shape index (κ1) is 40.9. The number of nitrogens with zero attached hydrogens (tertiary/aromatic N) is 5. The van der Waals surface area contributed by atoms with Crippen molar-refractivity contribution >= 4 is 58.0 Å². The molecule has 8 heterocycles. The minimum absolute atomic E-state index is 0.286. The molecule has 0 fully saturated rings. The fraction of sp³-hybridized carbons (Fsp3) is 0. The lowest BCUT2D eigenvalue weighted by Crippen LogP contribution is -2.13. The van der Waals surface area contributed by atoms with Gasteiger partial charge in [-0.05, 0) is 119 Å². The molecule has 2 aliphatic heterocycles. The largest absolute Gasteiger partial charge is 0.354 e. The molecule has 0 atom stereocenters. The molecular weight excluding hydrogens is 849 g/mol. The number of carbonyl (C=O) groups excluding carboxylic acids is 1. The average Bonchev–Trinajstić information content (AvgIpc) is 4.27. The lowest BCUT2D eigenvalue weighted by atomic mass is 10.0. The van der Waals surface area contributed by atoms with Gasteiger partial charge in [0, 0.05) is 68.0 Å². The second-order valence-corrected chi connectivity index (χ2v) is 16.7. The second kappa shape index (κ2) is 17.7. The van der Waals surface area contributed by atoms with Crippen LogP contribution in [-0.2, 0) is 0 Å². The van der Waals surface area contributed by atoms with Gasteiger partial charge in [0.1, 0.15) is 0 Å². The molecule has 9 heteroatoms. The van der Waals surface area contributed by atoms with Gasteiger partial charge < -0.3 is 15.3 Å². The van der Waals surface area contributed by atoms with Gasteiger partial charge in [-0.2, -0.15) is 0 Å². The van der Waals surface area contributed by atoms with Crippen molar-refractivity contribution in [1.29, 1.82) is 0 Å². The maximum absolute atomic E-state index is 14.1. The van der Waals surface area contributed by atoms with Crippen LogP contribution in [-0.4, -0.2) is 40.8 Å². The summed E-state index contributed by atoms with van der Waals surface area (Å²) < 4.78 is 0. The van der Waals surface area contributed by atoms with E-state index in [1.54, 1.807) is 24.5 Å². The Labute approximate surface area is 397 Å². The Balaban J connectivity index is 1.03. The molecule has 10 aromatic rings. The molecule has 12 rings (SSSR count). The monoisotopic (exact) mass is 888 g/mol. The fourth-order valence-electron chi connectivity index (χ4n) is 9.11. The van der Waals surface area contributed by atoms with Crippen LogP contribution in [0.15, 0.2) is 200 Å². The molecule has 3 N–H and O–H groups in total. The van der Waals surface area contributed by atoms with Crippen LogP contribution in [0, 0.1) is 0 Å². The number of nitrogens with one attached hydrogen (secondary N) is 3. The van der Waals surface area contributed by atoms with Gasteiger partial charge in [0.25, 0.3) is 5.91 Å². The molecule has 0 saturated heterocycles. The number of aromatic amines is 2. The lowest BCUT2D eigenvalue weighted by Gasteiger charge is -2.11. The van der Waals surface area contributed by atoms with E-state index in [2.05, 4.69) is 147 Å². The molecule has 8 bridgehead atoms. The zero-order valence-corrected chi connectivity index (χ0v) is 37.0. The van der Waals surface area contributed by atoms with Gasteiger partial charge in [-0.1, -0.05) is 115 Å². The molecule has 0 unspecified atom stereocenters. The minimum atomic E-state index is -0.286. The van der Waals surface area contributed by atoms with Crippen molar-refractivity contribution in [2.24, 2.45) is 0 Å². The molecule has 0 spiro atoms. The van der Waals surface area contributed by atoms with Crippen molar-refractivity contribution in [1.82, 2.24) is 34.9 Å². The Bertz CT molecular complexity index is 3700. The first-order valence-corrected chi connectivity index (χ1v) is 22.7. The van der Waals surface area contributed by atoms with Crippen molar-refractivity contribution in [2.75, 3.05) is 5.32 Å². The van der Waals surface area contributed by atoms with Gasteiger partial charge in [0.2, 0.25) is 0 Å². The topological polar surface area (TPSA) is 125 Å². The van der Waals surface area contributed by atoms with Gasteiger partial charge in [-0.15, -0.1) is 0 Å². The quantitative estimate of drug-likeness (QED) is 0.140. The third kappa shape index (κ3) is 8.00. The smallest absolute Gasteiger partial charge is 0.255 e. The highest BCUT2D eigenvalue weighted by Crippen LogP contribution is 2.39. The Morgan fingerprint density at radius 2 is 0.725 bits per heavy atom. The molecule has 4 aromatic carbocycles. The molecule has 0 aliphatic carbocycles. The molecule has 69 heavy (non-hydrogen) atoms. The molecule has 9 nitrogen and oxygen atoms in total. The van der Waals surface area contributed by atoms with E-state index in [4.69, 9.17) is 15.0 Å². The van der Waals surface area contributed by atoms with Crippen LogP contribution in [0.25, 0.3) is 114 Å². The van der Waals surface area contributed by atoms with E-state index in [0.29, 0.717) is 34.0 Å². The molecular formula is C60H40N8O. The van der Waals surface area contributed by atoms with Crippen molar-refractivity contribution in [3.05, 3.63) is 229 Å². The van der Waals surface area contributed by atoms with Crippen LogP contribution in [0.5, 0.6) is 0 Å². The van der Waals surface area contributed by atoms with Gasteiger partial charge in [-0.3, -0.25) is 14.8 Å². The maximum Gasteiger partial charge on any atom is 0.255 e. The summed E-state index contributed by atoms with van der Waals surface area (Å²) in [5.74, 6) is -0.286. The van der Waals surface area contributed by atoms with Crippen molar-refractivity contribution in [2.45, 2.75) is 0 Å². The van der Waals surface area contributed by atoms with E-state index >= 15 is 0 Å². The first-order valence-electron chi connectivity index (χ1n) is 22.7. The fourth-order valence-corrected chi connectivity index (χ4v) is 9.11. The van der Waals surface area contributed by atoms with Crippen LogP contribution >= 0.6 is 0 Å². The number of hydrogen-bond donors (Lipinski definition) is 3. The molecule has 0 radical (unpaired) electrons. The molecule has 2 aliphatic rings. The Kier molecular flexibility index (Phi) is 10.5. The summed E-state index contributed by atoms with van der Waals surface area (Å²) in [7, 11) is 0. The number of amides is 1. The number of anilines is 1. The minimum Gasteiger partial charge on any atom is -0.354 e. The van der Waals surface area contributed by atoms with E-state index in [9.17, 15) is 4.79 Å². The predicted octanol–water partition coefficient (Wildman–Crippen LogP) is 14.1. The number of carbonyl (C=O) groups is 1. The van der Waals surface area contributed by atoms with Crippen LogP contribution in [0.2, 0.25) is 0 Å². The van der Waals surface area contributed by atoms with Crippen LogP contribution in [0.3, 0.4) is 0 Å². The number of rotatable bonds is 8. The van der Waals surface area contributed by atoms with Gasteiger partial charge >= 0.3 is 0 Å². The van der Waals surface area contributed by atoms with Crippen LogP contribution in [0.4, 0.5) is 5.69 Å². The number of pyridine rings is 3. The number of benzene rings is 4. The number of H-pyrrole nitrogens is 2. The summed E-state index contributed by atoms with van der Waals surface area (Å²) in [6.45, 7) is 0. The predicted molar refractivity (Wildman–Crippen MR) is 279 cm³/mol. The van der Waals surface area contributed by atoms with E-state index in [-0.39, 0.29) is 5.91 Å². The summed E-state index contributed by atoms with van der Waals surface area (Å²) in [4.78, 5) is 46.4. The van der Waals surface area contributed by atoms with E-state index in [1.807, 2.05) is 78.9 Å². The SMILES string of the molecule is O=C(Nc1ccc(-c2c3nc(c(-c4ccccc4)c4ccc([nH]4)c(-c4ccccc4)c4nc(c(-c5ccccc5)c5ccc2[nH]5)C=C4)C=C3)cc1)c1cc(-c2ccccn2)nc(-c2ccccn2)c1. The third-order valence-electron chi connectivity index (χ3n) is 12.3. The van der Waals surface area contributed by atoms with E-state index in [1.165, 1.54) is 0 Å². The number of hydrogen-bond acceptors (Lipinski definition) is 6. The molecule has 0 saturated carbocycles. The zero-order chi connectivity index (χ0) is 46.1. The maximum atomic E-state index is 14.1. The van der Waals surface area contributed by atoms with E-state index < -0.39 is 0 Å². The van der Waals surface area contributed by atoms with E-state index in [0.717, 1.165) is 89.4 Å². The highest BCUT2D eigenvalue weighted by Gasteiger charge is 2.20. The van der Waals surface area contributed by atoms with Crippen LogP contribution < -0.4 is 5.32 Å². The Morgan fingerprint density at radius 1 is 0.362 bits per heavy atom. The van der Waals surface area contributed by atoms with Crippen LogP contribution in [0.1, 0.15) is 33.1 Å². The summed E-state index contributed by atoms with van der Waals surface area (Å²) in [5, 5.41) is 3.13. The summed E-state index contributed by atoms with van der Waals surface area (Å²) in [6, 6.07) is 62.4. The Hall–Kier alpha value is -9.60. The molecule has 6 aromatic heterocycles. The van der Waals surface area contributed by atoms with Gasteiger partial charge in [0.05, 0.1) is 45.6 Å². The highest BCUT2D eigenvalue weighted by molar-refractivity contribution is 6.06. The summed E-state index contributed by atoms with van der Waals surface area (Å²) in [5.41, 5.74) is 18.4. The number of aromatic nitrogens is 7.